The fourth-order valence-corrected chi connectivity index (χ4v) is 4.21. The van der Waals surface area contributed by atoms with E-state index < -0.39 is 34.1 Å². The number of rotatable bonds is 10. The van der Waals surface area contributed by atoms with Crippen molar-refractivity contribution < 1.29 is 35.9 Å². The van der Waals surface area contributed by atoms with Gasteiger partial charge in [0.2, 0.25) is 21.8 Å². The molecule has 0 saturated heterocycles. The number of carbonyl (C=O) groups is 1. The molecular formula is C20H20F2N4O6S. The van der Waals surface area contributed by atoms with E-state index in [-0.39, 0.29) is 23.4 Å². The maximum atomic E-state index is 13.2. The Bertz CT molecular complexity index is 1260. The number of halogens is 2. The first-order valence-corrected chi connectivity index (χ1v) is 10.9. The van der Waals surface area contributed by atoms with Crippen LogP contribution in [0.25, 0.3) is 11.5 Å². The summed E-state index contributed by atoms with van der Waals surface area (Å²) < 4.78 is 69.8. The molecule has 0 spiro atoms. The van der Waals surface area contributed by atoms with Crippen LogP contribution in [0.4, 0.5) is 8.78 Å². The normalized spacial score (nSPS) is 11.5. The molecular weight excluding hydrogens is 462 g/mol. The zero-order valence-corrected chi connectivity index (χ0v) is 18.4. The third-order valence-electron chi connectivity index (χ3n) is 4.52. The first kappa shape index (κ1) is 24.1. The fourth-order valence-electron chi connectivity index (χ4n) is 2.96. The maximum Gasteiger partial charge on any atom is 0.314 e. The molecule has 1 amide bonds. The number of hydrogen-bond donors (Lipinski definition) is 2. The summed E-state index contributed by atoms with van der Waals surface area (Å²) in [5.74, 6) is -1.15. The lowest BCUT2D eigenvalue weighted by atomic mass is 10.1. The number of methoxy groups -OCH3 is 2. The largest absolute Gasteiger partial charge is 0.497 e. The molecule has 0 fully saturated rings. The summed E-state index contributed by atoms with van der Waals surface area (Å²) in [6.07, 6.45) is -3.26. The van der Waals surface area contributed by atoms with Crippen molar-refractivity contribution in [1.29, 1.82) is 0 Å². The van der Waals surface area contributed by atoms with Gasteiger partial charge in [0.25, 0.3) is 5.89 Å². The Kier molecular flexibility index (Phi) is 7.23. The second-order valence-corrected chi connectivity index (χ2v) is 8.46. The molecule has 0 unspecified atom stereocenters. The van der Waals surface area contributed by atoms with Gasteiger partial charge in [0.05, 0.1) is 31.1 Å². The van der Waals surface area contributed by atoms with Crippen LogP contribution in [0.3, 0.4) is 0 Å². The molecule has 0 aliphatic rings. The molecule has 33 heavy (non-hydrogen) atoms. The van der Waals surface area contributed by atoms with Crippen molar-refractivity contribution in [3.8, 4) is 23.0 Å². The SMILES string of the molecule is COc1ccc(CNS(=O)(=O)c2cc(CC(N)=O)ccc2-c2nnc(C(F)F)o2)c(OC)c1. The molecule has 0 aliphatic heterocycles. The second kappa shape index (κ2) is 9.92. The van der Waals surface area contributed by atoms with Gasteiger partial charge in [-0.1, -0.05) is 12.1 Å². The maximum absolute atomic E-state index is 13.2. The van der Waals surface area contributed by atoms with Crippen LogP contribution in [0.15, 0.2) is 45.7 Å². The molecule has 3 rings (SSSR count). The highest BCUT2D eigenvalue weighted by Gasteiger charge is 2.25. The van der Waals surface area contributed by atoms with Crippen molar-refractivity contribution in [2.75, 3.05) is 14.2 Å². The number of sulfonamides is 1. The molecule has 13 heteroatoms. The van der Waals surface area contributed by atoms with Crippen molar-refractivity contribution in [1.82, 2.24) is 14.9 Å². The molecule has 1 heterocycles. The Morgan fingerprint density at radius 3 is 2.52 bits per heavy atom. The number of nitrogens with two attached hydrogens (primary N) is 1. The van der Waals surface area contributed by atoms with E-state index in [9.17, 15) is 22.0 Å². The Morgan fingerprint density at radius 1 is 1.15 bits per heavy atom. The topological polar surface area (TPSA) is 147 Å². The van der Waals surface area contributed by atoms with Gasteiger partial charge in [-0.25, -0.2) is 13.1 Å². The zero-order chi connectivity index (χ0) is 24.2. The van der Waals surface area contributed by atoms with Gasteiger partial charge >= 0.3 is 6.43 Å². The quantitative estimate of drug-likeness (QED) is 0.447. The molecule has 0 aliphatic carbocycles. The van der Waals surface area contributed by atoms with E-state index in [1.807, 2.05) is 0 Å². The molecule has 176 valence electrons. The number of ether oxygens (including phenoxy) is 2. The minimum absolute atomic E-state index is 0.114. The first-order valence-electron chi connectivity index (χ1n) is 9.38. The molecule has 0 bridgehead atoms. The summed E-state index contributed by atoms with van der Waals surface area (Å²) in [5, 5.41) is 6.76. The van der Waals surface area contributed by atoms with E-state index in [2.05, 4.69) is 14.9 Å². The average Bonchev–Trinajstić information content (AvgIpc) is 3.27. The number of primary amides is 1. The Hall–Kier alpha value is -3.58. The van der Waals surface area contributed by atoms with Gasteiger partial charge in [-0.2, -0.15) is 8.78 Å². The highest BCUT2D eigenvalue weighted by Crippen LogP contribution is 2.30. The van der Waals surface area contributed by atoms with Crippen molar-refractivity contribution in [3.05, 3.63) is 53.4 Å². The number of amides is 1. The van der Waals surface area contributed by atoms with Crippen molar-refractivity contribution in [2.45, 2.75) is 24.3 Å². The van der Waals surface area contributed by atoms with E-state index in [1.54, 1.807) is 18.2 Å². The van der Waals surface area contributed by atoms with Crippen LogP contribution in [-0.4, -0.2) is 38.7 Å². The molecule has 10 nitrogen and oxygen atoms in total. The van der Waals surface area contributed by atoms with Crippen LogP contribution in [0.5, 0.6) is 11.5 Å². The van der Waals surface area contributed by atoms with Gasteiger partial charge in [0.15, 0.2) is 0 Å². The van der Waals surface area contributed by atoms with Crippen LogP contribution in [0.2, 0.25) is 0 Å². The standard InChI is InChI=1S/C20H20F2N4O6S/c1-30-13-5-4-12(15(9-13)31-2)10-24-33(28,29)16-7-11(8-17(23)27)3-6-14(16)19-25-26-20(32-19)18(21)22/h3-7,9,18,24H,8,10H2,1-2H3,(H2,23,27). The van der Waals surface area contributed by atoms with Gasteiger partial charge in [-0.05, 0) is 23.8 Å². The molecule has 0 radical (unpaired) electrons. The number of aromatic nitrogens is 2. The summed E-state index contributed by atoms with van der Waals surface area (Å²) in [4.78, 5) is 11.0. The van der Waals surface area contributed by atoms with Crippen molar-refractivity contribution in [2.24, 2.45) is 5.73 Å². The van der Waals surface area contributed by atoms with Gasteiger partial charge in [0, 0.05) is 18.2 Å². The minimum atomic E-state index is -4.25. The van der Waals surface area contributed by atoms with Crippen molar-refractivity contribution in [3.63, 3.8) is 0 Å². The second-order valence-electron chi connectivity index (χ2n) is 6.72. The number of carbonyl (C=O) groups excluding carboxylic acids is 1. The van der Waals surface area contributed by atoms with Gasteiger partial charge in [0.1, 0.15) is 11.5 Å². The highest BCUT2D eigenvalue weighted by molar-refractivity contribution is 7.89. The number of nitrogens with zero attached hydrogens (tertiary/aromatic N) is 2. The van der Waals surface area contributed by atoms with Crippen LogP contribution in [0, 0.1) is 0 Å². The monoisotopic (exact) mass is 482 g/mol. The predicted octanol–water partition coefficient (Wildman–Crippen LogP) is 2.20. The van der Waals surface area contributed by atoms with E-state index in [4.69, 9.17) is 19.6 Å². The summed E-state index contributed by atoms with van der Waals surface area (Å²) in [5.41, 5.74) is 5.90. The first-order chi connectivity index (χ1) is 15.6. The number of alkyl halides is 2. The third-order valence-corrected chi connectivity index (χ3v) is 5.96. The molecule has 2 aromatic carbocycles. The van der Waals surface area contributed by atoms with E-state index in [1.165, 1.54) is 32.4 Å². The van der Waals surface area contributed by atoms with Crippen LogP contribution >= 0.6 is 0 Å². The predicted molar refractivity (Wildman–Crippen MR) is 111 cm³/mol. The number of nitrogens with one attached hydrogen (secondary N) is 1. The zero-order valence-electron chi connectivity index (χ0n) is 17.5. The molecule has 1 aromatic heterocycles. The smallest absolute Gasteiger partial charge is 0.314 e. The number of hydrogen-bond acceptors (Lipinski definition) is 8. The third kappa shape index (κ3) is 5.62. The average molecular weight is 482 g/mol. The van der Waals surface area contributed by atoms with Gasteiger partial charge < -0.3 is 19.6 Å². The minimum Gasteiger partial charge on any atom is -0.497 e. The van der Waals surface area contributed by atoms with Crippen LogP contribution in [0.1, 0.15) is 23.4 Å². The lowest BCUT2D eigenvalue weighted by molar-refractivity contribution is -0.117. The summed E-state index contributed by atoms with van der Waals surface area (Å²) in [7, 11) is -1.35. The Labute approximate surface area is 187 Å². The lowest BCUT2D eigenvalue weighted by Gasteiger charge is -2.14. The fraction of sp³-hybridized carbons (Fsp3) is 0.250. The van der Waals surface area contributed by atoms with Gasteiger partial charge in [-0.15, -0.1) is 10.2 Å². The number of benzene rings is 2. The summed E-state index contributed by atoms with van der Waals surface area (Å²) in [6, 6.07) is 8.74. The van der Waals surface area contributed by atoms with Crippen LogP contribution in [-0.2, 0) is 27.8 Å². The Morgan fingerprint density at radius 2 is 1.91 bits per heavy atom. The highest BCUT2D eigenvalue weighted by atomic mass is 32.2. The van der Waals surface area contributed by atoms with E-state index in [0.29, 0.717) is 22.6 Å². The molecule has 3 N–H and O–H groups in total. The van der Waals surface area contributed by atoms with Crippen molar-refractivity contribution >= 4 is 15.9 Å². The van der Waals surface area contributed by atoms with E-state index >= 15 is 0 Å². The molecule has 0 saturated carbocycles. The lowest BCUT2D eigenvalue weighted by Crippen LogP contribution is -2.24. The van der Waals surface area contributed by atoms with Crippen LogP contribution < -0.4 is 19.9 Å². The van der Waals surface area contributed by atoms with Gasteiger partial charge in [-0.3, -0.25) is 4.79 Å². The Balaban J connectivity index is 1.99. The molecule has 3 aromatic rings. The molecule has 0 atom stereocenters. The summed E-state index contributed by atoms with van der Waals surface area (Å²) >= 11 is 0. The van der Waals surface area contributed by atoms with E-state index in [0.717, 1.165) is 0 Å². The summed E-state index contributed by atoms with van der Waals surface area (Å²) in [6.45, 7) is -0.166.